The third-order valence-electron chi connectivity index (χ3n) is 3.14. The summed E-state index contributed by atoms with van der Waals surface area (Å²) in [6, 6.07) is -0.426. The van der Waals surface area contributed by atoms with Crippen molar-refractivity contribution < 1.29 is 14.3 Å². The summed E-state index contributed by atoms with van der Waals surface area (Å²) in [6.45, 7) is 4.61. The van der Waals surface area contributed by atoms with Gasteiger partial charge in [0.2, 0.25) is 5.91 Å². The lowest BCUT2D eigenvalue weighted by Gasteiger charge is -2.17. The molecule has 19 heavy (non-hydrogen) atoms. The van der Waals surface area contributed by atoms with Crippen molar-refractivity contribution in [3.8, 4) is 0 Å². The molecule has 0 radical (unpaired) electrons. The molecule has 5 nitrogen and oxygen atoms in total. The van der Waals surface area contributed by atoms with E-state index in [9.17, 15) is 9.59 Å². The molecule has 2 unspecified atom stereocenters. The van der Waals surface area contributed by atoms with E-state index in [0.717, 1.165) is 25.7 Å². The smallest absolute Gasteiger partial charge is 0.305 e. The molecule has 0 heterocycles. The largest absolute Gasteiger partial charge is 0.469 e. The van der Waals surface area contributed by atoms with Gasteiger partial charge in [0.1, 0.15) is 0 Å². The minimum atomic E-state index is -0.426. The number of methoxy groups -OCH3 is 1. The van der Waals surface area contributed by atoms with Crippen LogP contribution in [0.1, 0.15) is 46.0 Å². The predicted octanol–water partition coefficient (Wildman–Crippen LogP) is 1.63. The molecule has 0 aliphatic heterocycles. The first-order valence-corrected chi connectivity index (χ1v) is 6.63. The average Bonchev–Trinajstić information content (AvgIpc) is 2.39. The topological polar surface area (TPSA) is 81.4 Å². The SMILES string of the molecule is CCC(C)C(N)C(=O)NCCCCCC(=O)OC.Cl. The number of carbonyl (C=O) groups is 2. The predicted molar refractivity (Wildman–Crippen MR) is 78.2 cm³/mol. The Morgan fingerprint density at radius 1 is 1.26 bits per heavy atom. The van der Waals surface area contributed by atoms with Crippen molar-refractivity contribution in [2.75, 3.05) is 13.7 Å². The van der Waals surface area contributed by atoms with Gasteiger partial charge in [-0.1, -0.05) is 26.7 Å². The van der Waals surface area contributed by atoms with Crippen LogP contribution in [0.4, 0.5) is 0 Å². The van der Waals surface area contributed by atoms with Crippen molar-refractivity contribution in [2.24, 2.45) is 11.7 Å². The van der Waals surface area contributed by atoms with E-state index < -0.39 is 6.04 Å². The van der Waals surface area contributed by atoms with E-state index in [1.807, 2.05) is 13.8 Å². The molecule has 1 amide bonds. The van der Waals surface area contributed by atoms with Gasteiger partial charge in [-0.3, -0.25) is 9.59 Å². The zero-order chi connectivity index (χ0) is 14.0. The number of ether oxygens (including phenoxy) is 1. The molecule has 3 N–H and O–H groups in total. The maximum absolute atomic E-state index is 11.6. The monoisotopic (exact) mass is 294 g/mol. The summed E-state index contributed by atoms with van der Waals surface area (Å²) in [6.07, 6.45) is 3.88. The van der Waals surface area contributed by atoms with E-state index >= 15 is 0 Å². The highest BCUT2D eigenvalue weighted by atomic mass is 35.5. The first-order valence-electron chi connectivity index (χ1n) is 6.63. The third-order valence-corrected chi connectivity index (χ3v) is 3.14. The van der Waals surface area contributed by atoms with Crippen molar-refractivity contribution in [3.63, 3.8) is 0 Å². The fraction of sp³-hybridized carbons (Fsp3) is 0.846. The van der Waals surface area contributed by atoms with Crippen LogP contribution >= 0.6 is 12.4 Å². The molecular formula is C13H27ClN2O3. The average molecular weight is 295 g/mol. The van der Waals surface area contributed by atoms with Gasteiger partial charge in [-0.05, 0) is 18.8 Å². The second kappa shape index (κ2) is 12.2. The number of hydrogen-bond donors (Lipinski definition) is 2. The molecule has 0 aliphatic carbocycles. The molecule has 2 atom stereocenters. The van der Waals surface area contributed by atoms with Crippen LogP contribution in [0.25, 0.3) is 0 Å². The van der Waals surface area contributed by atoms with Gasteiger partial charge in [0.15, 0.2) is 0 Å². The Morgan fingerprint density at radius 3 is 2.42 bits per heavy atom. The van der Waals surface area contributed by atoms with Gasteiger partial charge in [0.25, 0.3) is 0 Å². The van der Waals surface area contributed by atoms with Crippen molar-refractivity contribution >= 4 is 24.3 Å². The van der Waals surface area contributed by atoms with Crippen molar-refractivity contribution in [1.29, 1.82) is 0 Å². The number of rotatable bonds is 9. The normalized spacial score (nSPS) is 13.1. The van der Waals surface area contributed by atoms with E-state index in [-0.39, 0.29) is 30.2 Å². The lowest BCUT2D eigenvalue weighted by Crippen LogP contribution is -2.44. The number of carbonyl (C=O) groups excluding carboxylic acids is 2. The molecule has 0 saturated carbocycles. The van der Waals surface area contributed by atoms with E-state index in [2.05, 4.69) is 10.1 Å². The highest BCUT2D eigenvalue weighted by Crippen LogP contribution is 2.05. The molecular weight excluding hydrogens is 268 g/mol. The zero-order valence-electron chi connectivity index (χ0n) is 12.1. The molecule has 6 heteroatoms. The third kappa shape index (κ3) is 9.73. The van der Waals surface area contributed by atoms with Gasteiger partial charge in [-0.25, -0.2) is 0 Å². The van der Waals surface area contributed by atoms with Crippen LogP contribution in [-0.4, -0.2) is 31.6 Å². The maximum atomic E-state index is 11.6. The Labute approximate surface area is 122 Å². The van der Waals surface area contributed by atoms with Gasteiger partial charge >= 0.3 is 5.97 Å². The molecule has 0 spiro atoms. The molecule has 0 fully saturated rings. The number of amides is 1. The van der Waals surface area contributed by atoms with E-state index in [0.29, 0.717) is 13.0 Å². The minimum Gasteiger partial charge on any atom is -0.469 e. The van der Waals surface area contributed by atoms with Crippen molar-refractivity contribution in [2.45, 2.75) is 52.0 Å². The molecule has 0 aromatic heterocycles. The molecule has 0 rings (SSSR count). The summed E-state index contributed by atoms with van der Waals surface area (Å²) in [5.41, 5.74) is 5.80. The van der Waals surface area contributed by atoms with Crippen LogP contribution in [0.2, 0.25) is 0 Å². The number of nitrogens with two attached hydrogens (primary N) is 1. The Hall–Kier alpha value is -0.810. The first-order chi connectivity index (χ1) is 8.52. The van der Waals surface area contributed by atoms with E-state index in [4.69, 9.17) is 5.73 Å². The van der Waals surface area contributed by atoms with Crippen LogP contribution in [0.15, 0.2) is 0 Å². The van der Waals surface area contributed by atoms with Crippen molar-refractivity contribution in [3.05, 3.63) is 0 Å². The molecule has 0 saturated heterocycles. The first kappa shape index (κ1) is 20.5. The lowest BCUT2D eigenvalue weighted by atomic mass is 9.99. The van der Waals surface area contributed by atoms with Gasteiger partial charge in [0, 0.05) is 13.0 Å². The van der Waals surface area contributed by atoms with Gasteiger partial charge in [-0.2, -0.15) is 0 Å². The van der Waals surface area contributed by atoms with Crippen LogP contribution in [0, 0.1) is 5.92 Å². The number of esters is 1. The Morgan fingerprint density at radius 2 is 1.89 bits per heavy atom. The van der Waals surface area contributed by atoms with E-state index in [1.54, 1.807) is 0 Å². The molecule has 0 aliphatic rings. The number of nitrogens with one attached hydrogen (secondary N) is 1. The fourth-order valence-corrected chi connectivity index (χ4v) is 1.51. The summed E-state index contributed by atoms with van der Waals surface area (Å²) in [4.78, 5) is 22.5. The number of hydrogen-bond acceptors (Lipinski definition) is 4. The fourth-order valence-electron chi connectivity index (χ4n) is 1.51. The summed E-state index contributed by atoms with van der Waals surface area (Å²) < 4.78 is 4.54. The van der Waals surface area contributed by atoms with Crippen molar-refractivity contribution in [1.82, 2.24) is 5.32 Å². The van der Waals surface area contributed by atoms with Crippen LogP contribution in [-0.2, 0) is 14.3 Å². The quantitative estimate of drug-likeness (QED) is 0.500. The van der Waals surface area contributed by atoms with Crippen LogP contribution in [0.5, 0.6) is 0 Å². The Balaban J connectivity index is 0. The molecule has 0 aromatic rings. The molecule has 114 valence electrons. The van der Waals surface area contributed by atoms with Crippen LogP contribution in [0.3, 0.4) is 0 Å². The second-order valence-corrected chi connectivity index (χ2v) is 4.59. The number of unbranched alkanes of at least 4 members (excludes halogenated alkanes) is 2. The highest BCUT2D eigenvalue weighted by Gasteiger charge is 2.18. The standard InChI is InChI=1S/C13H26N2O3.ClH/c1-4-10(2)12(14)13(17)15-9-7-5-6-8-11(16)18-3;/h10,12H,4-9,14H2,1-3H3,(H,15,17);1H. The zero-order valence-corrected chi connectivity index (χ0v) is 12.9. The summed E-state index contributed by atoms with van der Waals surface area (Å²) in [5, 5.41) is 2.82. The molecule has 0 aromatic carbocycles. The Kier molecular flexibility index (Phi) is 13.2. The molecule has 0 bridgehead atoms. The van der Waals surface area contributed by atoms with Crippen LogP contribution < -0.4 is 11.1 Å². The highest BCUT2D eigenvalue weighted by molar-refractivity contribution is 5.85. The minimum absolute atomic E-state index is 0. The summed E-state index contributed by atoms with van der Waals surface area (Å²) in [7, 11) is 1.39. The summed E-state index contributed by atoms with van der Waals surface area (Å²) in [5.74, 6) is -0.0699. The maximum Gasteiger partial charge on any atom is 0.305 e. The van der Waals surface area contributed by atoms with Gasteiger partial charge < -0.3 is 15.8 Å². The summed E-state index contributed by atoms with van der Waals surface area (Å²) >= 11 is 0. The Bertz CT molecular complexity index is 262. The van der Waals surface area contributed by atoms with Gasteiger partial charge in [0.05, 0.1) is 13.2 Å². The number of halogens is 1. The van der Waals surface area contributed by atoms with E-state index in [1.165, 1.54) is 7.11 Å². The van der Waals surface area contributed by atoms with Gasteiger partial charge in [-0.15, -0.1) is 12.4 Å². The second-order valence-electron chi connectivity index (χ2n) is 4.59. The lowest BCUT2D eigenvalue weighted by molar-refractivity contribution is -0.140.